The van der Waals surface area contributed by atoms with Crippen LogP contribution < -0.4 is 5.32 Å². The van der Waals surface area contributed by atoms with Gasteiger partial charge in [0.1, 0.15) is 78.8 Å². The molecule has 13 N–H and O–H groups in total. The van der Waals surface area contributed by atoms with Crippen LogP contribution in [0, 0.1) is 0 Å². The molecule has 20 heteroatoms. The predicted octanol–water partition coefficient (Wildman–Crippen LogP) is -8.52. The van der Waals surface area contributed by atoms with Gasteiger partial charge in [-0.2, -0.15) is 0 Å². The summed E-state index contributed by atoms with van der Waals surface area (Å²) in [5, 5.41) is 123. The summed E-state index contributed by atoms with van der Waals surface area (Å²) in [6, 6.07) is 0. The molecule has 0 aliphatic carbocycles. The first-order valence-electron chi connectivity index (χ1n) is 13.9. The van der Waals surface area contributed by atoms with E-state index in [0.29, 0.717) is 0 Å². The van der Waals surface area contributed by atoms with E-state index in [1.807, 2.05) is 0 Å². The van der Waals surface area contributed by atoms with Crippen LogP contribution in [0.5, 0.6) is 0 Å². The van der Waals surface area contributed by atoms with E-state index < -0.39 is 143 Å². The van der Waals surface area contributed by atoms with Gasteiger partial charge in [0.2, 0.25) is 5.91 Å². The van der Waals surface area contributed by atoms with Gasteiger partial charge in [0.05, 0.1) is 39.6 Å². The molecule has 0 radical (unpaired) electrons. The van der Waals surface area contributed by atoms with Gasteiger partial charge in [-0.15, -0.1) is 0 Å². The van der Waals surface area contributed by atoms with Crippen LogP contribution in [0.2, 0.25) is 0 Å². The van der Waals surface area contributed by atoms with E-state index in [9.17, 15) is 66.1 Å². The number of hydrogen-bond acceptors (Lipinski definition) is 19. The molecule has 3 rings (SSSR count). The molecule has 0 aromatic rings. The molecule has 0 aromatic carbocycles. The van der Waals surface area contributed by atoms with Crippen LogP contribution in [0.4, 0.5) is 0 Å². The Morgan fingerprint density at radius 1 is 0.578 bits per heavy atom. The summed E-state index contributed by atoms with van der Waals surface area (Å²) in [6.45, 7) is -1.33. The lowest BCUT2D eigenvalue weighted by atomic mass is 9.98. The molecule has 3 aliphatic rings. The van der Waals surface area contributed by atoms with Crippen molar-refractivity contribution < 1.29 is 94.5 Å². The van der Waals surface area contributed by atoms with Crippen LogP contribution in [0.15, 0.2) is 12.7 Å². The van der Waals surface area contributed by atoms with Crippen LogP contribution in [-0.2, 0) is 33.2 Å². The van der Waals surface area contributed by atoms with Crippen molar-refractivity contribution in [3.05, 3.63) is 12.7 Å². The van der Waals surface area contributed by atoms with Crippen molar-refractivity contribution in [1.82, 2.24) is 5.32 Å². The van der Waals surface area contributed by atoms with Crippen molar-refractivity contribution >= 4 is 5.91 Å². The zero-order valence-electron chi connectivity index (χ0n) is 23.9. The first-order valence-corrected chi connectivity index (χ1v) is 13.9. The van der Waals surface area contributed by atoms with Crippen LogP contribution >= 0.6 is 0 Å². The van der Waals surface area contributed by atoms with E-state index in [0.717, 1.165) is 6.08 Å². The molecule has 15 atom stereocenters. The van der Waals surface area contributed by atoms with E-state index in [1.54, 1.807) is 0 Å². The van der Waals surface area contributed by atoms with Crippen LogP contribution in [-0.4, -0.2) is 204 Å². The summed E-state index contributed by atoms with van der Waals surface area (Å²) in [7, 11) is 0. The van der Waals surface area contributed by atoms with Gasteiger partial charge in [-0.1, -0.05) is 6.58 Å². The van der Waals surface area contributed by atoms with Crippen LogP contribution in [0.25, 0.3) is 0 Å². The number of ether oxygens (including phenoxy) is 6. The smallest absolute Gasteiger partial charge is 0.244 e. The number of carbonyl (C=O) groups excluding carboxylic acids is 1. The molecule has 0 bridgehead atoms. The van der Waals surface area contributed by atoms with Crippen molar-refractivity contribution in [1.29, 1.82) is 0 Å². The van der Waals surface area contributed by atoms with Gasteiger partial charge in [-0.05, 0) is 6.08 Å². The normalized spacial score (nSPS) is 42.7. The van der Waals surface area contributed by atoms with Crippen LogP contribution in [0.1, 0.15) is 0 Å². The predicted molar refractivity (Wildman–Crippen MR) is 140 cm³/mol. The lowest BCUT2D eigenvalue weighted by Crippen LogP contribution is -2.65. The molecular formula is C25H43NO19. The van der Waals surface area contributed by atoms with E-state index >= 15 is 0 Å². The number of rotatable bonds is 14. The first-order chi connectivity index (χ1) is 21.2. The summed E-state index contributed by atoms with van der Waals surface area (Å²) in [6.07, 6.45) is -24.8. The minimum atomic E-state index is -1.98. The topological polar surface area (TPSA) is 327 Å². The summed E-state index contributed by atoms with van der Waals surface area (Å²) >= 11 is 0. The SMILES string of the molecule is C=CC(=O)NC(CO[C@@H]1O[C@H](CO)[C@@H](O)[C@H](O)[C@H]1O)(CO[C@@H]1O[C@H](CO)[C@@H](O)[C@H](O)[C@H]1O)CO[C@@H]1O[C@H](CO)[C@@H](O)[C@H](O)[C@H]1O. The third-order valence-electron chi connectivity index (χ3n) is 7.69. The fourth-order valence-electron chi connectivity index (χ4n) is 4.89. The fraction of sp³-hybridized carbons (Fsp3) is 0.880. The molecule has 262 valence electrons. The maximum absolute atomic E-state index is 12.6. The minimum absolute atomic E-state index is 0.774. The highest BCUT2D eigenvalue weighted by Crippen LogP contribution is 2.27. The zero-order valence-corrected chi connectivity index (χ0v) is 23.9. The highest BCUT2D eigenvalue weighted by Gasteiger charge is 2.49. The third-order valence-corrected chi connectivity index (χ3v) is 7.69. The van der Waals surface area contributed by atoms with Gasteiger partial charge in [-0.3, -0.25) is 4.79 Å². The molecule has 3 heterocycles. The Labute approximate surface area is 256 Å². The average Bonchev–Trinajstić information content (AvgIpc) is 3.04. The second-order valence-corrected chi connectivity index (χ2v) is 11.0. The van der Waals surface area contributed by atoms with Gasteiger partial charge < -0.3 is 95.0 Å². The Morgan fingerprint density at radius 3 is 1.11 bits per heavy atom. The Morgan fingerprint density at radius 2 is 0.867 bits per heavy atom. The molecule has 45 heavy (non-hydrogen) atoms. The lowest BCUT2D eigenvalue weighted by Gasteiger charge is -2.44. The molecular weight excluding hydrogens is 618 g/mol. The largest absolute Gasteiger partial charge is 0.394 e. The van der Waals surface area contributed by atoms with E-state index in [-0.39, 0.29) is 0 Å². The van der Waals surface area contributed by atoms with Crippen molar-refractivity contribution in [2.45, 2.75) is 97.7 Å². The number of aliphatic hydroxyl groups excluding tert-OH is 12. The molecule has 20 nitrogen and oxygen atoms in total. The number of aliphatic hydroxyl groups is 12. The third kappa shape index (κ3) is 8.70. The van der Waals surface area contributed by atoms with Crippen molar-refractivity contribution in [2.75, 3.05) is 39.6 Å². The van der Waals surface area contributed by atoms with Gasteiger partial charge >= 0.3 is 0 Å². The summed E-state index contributed by atoms with van der Waals surface area (Å²) < 4.78 is 32.9. The Kier molecular flexibility index (Phi) is 14.0. The monoisotopic (exact) mass is 661 g/mol. The van der Waals surface area contributed by atoms with Gasteiger partial charge in [0.25, 0.3) is 0 Å². The molecule has 3 saturated heterocycles. The summed E-state index contributed by atoms with van der Waals surface area (Å²) in [4.78, 5) is 12.6. The van der Waals surface area contributed by atoms with Gasteiger partial charge in [0.15, 0.2) is 18.9 Å². The maximum Gasteiger partial charge on any atom is 0.244 e. The van der Waals surface area contributed by atoms with E-state index in [1.165, 1.54) is 0 Å². The molecule has 0 spiro atoms. The highest BCUT2D eigenvalue weighted by molar-refractivity contribution is 5.87. The van der Waals surface area contributed by atoms with Crippen molar-refractivity contribution in [3.63, 3.8) is 0 Å². The molecule has 0 unspecified atom stereocenters. The second kappa shape index (κ2) is 16.5. The summed E-state index contributed by atoms with van der Waals surface area (Å²) in [5.74, 6) is -0.887. The van der Waals surface area contributed by atoms with Crippen molar-refractivity contribution in [3.8, 4) is 0 Å². The first kappa shape index (κ1) is 37.9. The molecule has 3 aliphatic heterocycles. The molecule has 1 amide bonds. The van der Waals surface area contributed by atoms with Crippen molar-refractivity contribution in [2.24, 2.45) is 0 Å². The fourth-order valence-corrected chi connectivity index (χ4v) is 4.89. The number of hydrogen-bond donors (Lipinski definition) is 13. The van der Waals surface area contributed by atoms with E-state index in [2.05, 4.69) is 11.9 Å². The molecule has 3 fully saturated rings. The zero-order chi connectivity index (χ0) is 33.6. The molecule has 0 aromatic heterocycles. The maximum atomic E-state index is 12.6. The van der Waals surface area contributed by atoms with Crippen LogP contribution in [0.3, 0.4) is 0 Å². The Balaban J connectivity index is 1.90. The standard InChI is InChI=1S/C25H43NO19/c1-2-12(30)26-25(6-40-22-19(37)16(34)13(31)9(3-27)43-22,7-41-23-20(38)17(35)14(32)10(4-28)44-23)8-42-24-21(39)18(36)15(33)11(5-29)45-24/h2,9-11,13-24,27-29,31-39H,1,3-8H2,(H,26,30)/t9-,10-,11-,13-,14-,15-,16+,17+,18+,19-,20-,21-,22-,23-,24-/m1/s1. The Bertz CT molecular complexity index is 842. The quantitative estimate of drug-likeness (QED) is 0.0768. The number of amides is 1. The van der Waals surface area contributed by atoms with Gasteiger partial charge in [0, 0.05) is 0 Å². The molecule has 0 saturated carbocycles. The summed E-state index contributed by atoms with van der Waals surface area (Å²) in [5.41, 5.74) is -1.98. The van der Waals surface area contributed by atoms with E-state index in [4.69, 9.17) is 28.4 Å². The number of nitrogens with one attached hydrogen (secondary N) is 1. The highest BCUT2D eigenvalue weighted by atomic mass is 16.7. The number of carbonyl (C=O) groups is 1. The minimum Gasteiger partial charge on any atom is -0.394 e. The Hall–Kier alpha value is -1.51. The second-order valence-electron chi connectivity index (χ2n) is 11.0. The average molecular weight is 662 g/mol. The van der Waals surface area contributed by atoms with Gasteiger partial charge in [-0.25, -0.2) is 0 Å². The lowest BCUT2D eigenvalue weighted by molar-refractivity contribution is -0.324.